The summed E-state index contributed by atoms with van der Waals surface area (Å²) in [6.45, 7) is 7.38. The lowest BCUT2D eigenvalue weighted by atomic mass is 10.3. The molecule has 0 saturated carbocycles. The number of benzene rings is 1. The molecule has 6 nitrogen and oxygen atoms in total. The van der Waals surface area contributed by atoms with E-state index >= 15 is 0 Å². The van der Waals surface area contributed by atoms with Gasteiger partial charge in [-0.3, -0.25) is 4.79 Å². The minimum atomic E-state index is -3.74. The van der Waals surface area contributed by atoms with Gasteiger partial charge in [-0.25, -0.2) is 13.6 Å². The third kappa shape index (κ3) is 6.09. The van der Waals surface area contributed by atoms with Crippen LogP contribution in [0.4, 0.5) is 5.69 Å². The number of nitrogens with two attached hydrogens (primary N) is 1. The van der Waals surface area contributed by atoms with E-state index in [2.05, 4.69) is 5.32 Å². The topological polar surface area (TPSA) is 92.5 Å². The highest BCUT2D eigenvalue weighted by molar-refractivity contribution is 8.23. The predicted molar refractivity (Wildman–Crippen MR) is 99.0 cm³/mol. The maximum atomic E-state index is 12.2. The SMILES string of the molecule is CCN(CC)C(=S)S[C@@H](C)C(=O)Nc1ccc(S(N)(=O)=O)cc1. The average molecular weight is 376 g/mol. The van der Waals surface area contributed by atoms with Crippen LogP contribution < -0.4 is 10.5 Å². The summed E-state index contributed by atoms with van der Waals surface area (Å²) in [7, 11) is -3.74. The van der Waals surface area contributed by atoms with Gasteiger partial charge in [0, 0.05) is 18.8 Å². The first kappa shape index (κ1) is 19.9. The predicted octanol–water partition coefficient (Wildman–Crippen LogP) is 2.02. The van der Waals surface area contributed by atoms with E-state index < -0.39 is 10.0 Å². The van der Waals surface area contributed by atoms with E-state index in [1.807, 2.05) is 18.7 Å². The monoisotopic (exact) mass is 375 g/mol. The number of anilines is 1. The van der Waals surface area contributed by atoms with E-state index in [-0.39, 0.29) is 16.1 Å². The van der Waals surface area contributed by atoms with Crippen molar-refractivity contribution in [2.24, 2.45) is 5.14 Å². The first-order valence-corrected chi connectivity index (χ1v) is 9.91. The van der Waals surface area contributed by atoms with Crippen molar-refractivity contribution in [3.8, 4) is 0 Å². The first-order valence-electron chi connectivity index (χ1n) is 7.08. The van der Waals surface area contributed by atoms with E-state index in [0.717, 1.165) is 13.1 Å². The minimum Gasteiger partial charge on any atom is -0.358 e. The van der Waals surface area contributed by atoms with Gasteiger partial charge < -0.3 is 10.2 Å². The van der Waals surface area contributed by atoms with Gasteiger partial charge in [0.25, 0.3) is 0 Å². The number of carbonyl (C=O) groups is 1. The van der Waals surface area contributed by atoms with Crippen LogP contribution in [-0.4, -0.2) is 41.9 Å². The average Bonchev–Trinajstić information content (AvgIpc) is 2.48. The Morgan fingerprint density at radius 1 is 1.30 bits per heavy atom. The van der Waals surface area contributed by atoms with Crippen LogP contribution in [0.25, 0.3) is 0 Å². The number of hydrogen-bond donors (Lipinski definition) is 2. The molecule has 0 fully saturated rings. The fourth-order valence-corrected chi connectivity index (χ4v) is 3.82. The van der Waals surface area contributed by atoms with Crippen molar-refractivity contribution in [1.82, 2.24) is 4.90 Å². The van der Waals surface area contributed by atoms with Gasteiger partial charge in [-0.05, 0) is 45.0 Å². The number of rotatable bonds is 6. The molecular weight excluding hydrogens is 354 g/mol. The number of primary sulfonamides is 1. The van der Waals surface area contributed by atoms with Crippen LogP contribution in [0.15, 0.2) is 29.2 Å². The summed E-state index contributed by atoms with van der Waals surface area (Å²) in [6, 6.07) is 5.70. The lowest BCUT2D eigenvalue weighted by molar-refractivity contribution is -0.115. The highest BCUT2D eigenvalue weighted by atomic mass is 32.2. The number of carbonyl (C=O) groups excluding carboxylic acids is 1. The molecule has 0 aliphatic heterocycles. The Hall–Kier alpha value is -1.16. The third-order valence-electron chi connectivity index (χ3n) is 3.12. The second-order valence-corrected chi connectivity index (χ2v) is 8.29. The van der Waals surface area contributed by atoms with Crippen molar-refractivity contribution in [3.63, 3.8) is 0 Å². The number of sulfonamides is 1. The molecule has 128 valence electrons. The highest BCUT2D eigenvalue weighted by Gasteiger charge is 2.18. The zero-order valence-corrected chi connectivity index (χ0v) is 15.7. The van der Waals surface area contributed by atoms with Crippen LogP contribution in [0.2, 0.25) is 0 Å². The van der Waals surface area contributed by atoms with Gasteiger partial charge in [-0.1, -0.05) is 24.0 Å². The summed E-state index contributed by atoms with van der Waals surface area (Å²) in [5.74, 6) is -0.201. The fraction of sp³-hybridized carbons (Fsp3) is 0.429. The fourth-order valence-electron chi connectivity index (χ4n) is 1.73. The number of thioether (sulfide) groups is 1. The molecule has 1 aromatic rings. The van der Waals surface area contributed by atoms with Crippen molar-refractivity contribution in [2.75, 3.05) is 18.4 Å². The second kappa shape index (κ2) is 8.62. The van der Waals surface area contributed by atoms with Gasteiger partial charge >= 0.3 is 0 Å². The van der Waals surface area contributed by atoms with Crippen molar-refractivity contribution >= 4 is 49.9 Å². The molecular formula is C14H21N3O3S3. The summed E-state index contributed by atoms with van der Waals surface area (Å²) < 4.78 is 23.1. The maximum absolute atomic E-state index is 12.2. The molecule has 1 aromatic carbocycles. The van der Waals surface area contributed by atoms with Gasteiger partial charge in [0.2, 0.25) is 15.9 Å². The quantitative estimate of drug-likeness (QED) is 0.739. The van der Waals surface area contributed by atoms with Gasteiger partial charge in [-0.15, -0.1) is 0 Å². The number of thiocarbonyl (C=S) groups is 1. The van der Waals surface area contributed by atoms with Crippen molar-refractivity contribution in [3.05, 3.63) is 24.3 Å². The summed E-state index contributed by atoms with van der Waals surface area (Å²) in [5, 5.41) is 7.40. The van der Waals surface area contributed by atoms with Crippen LogP contribution in [0.5, 0.6) is 0 Å². The summed E-state index contributed by atoms with van der Waals surface area (Å²) >= 11 is 6.64. The lowest BCUT2D eigenvalue weighted by Gasteiger charge is -2.22. The number of hydrogen-bond acceptors (Lipinski definition) is 5. The Morgan fingerprint density at radius 3 is 2.26 bits per heavy atom. The molecule has 0 saturated heterocycles. The van der Waals surface area contributed by atoms with Crippen molar-refractivity contribution in [2.45, 2.75) is 30.9 Å². The number of amides is 1. The third-order valence-corrected chi connectivity index (χ3v) is 5.62. The molecule has 0 bridgehead atoms. The molecule has 3 N–H and O–H groups in total. The molecule has 0 radical (unpaired) electrons. The van der Waals surface area contributed by atoms with Crippen LogP contribution >= 0.6 is 24.0 Å². The van der Waals surface area contributed by atoms with Gasteiger partial charge in [-0.2, -0.15) is 0 Å². The highest BCUT2D eigenvalue weighted by Crippen LogP contribution is 2.19. The van der Waals surface area contributed by atoms with Crippen molar-refractivity contribution in [1.29, 1.82) is 0 Å². The van der Waals surface area contributed by atoms with Crippen LogP contribution in [0.3, 0.4) is 0 Å². The first-order chi connectivity index (χ1) is 10.7. The molecule has 0 spiro atoms. The van der Waals surface area contributed by atoms with Crippen LogP contribution in [0.1, 0.15) is 20.8 Å². The number of nitrogens with zero attached hydrogens (tertiary/aromatic N) is 1. The molecule has 0 aliphatic rings. The largest absolute Gasteiger partial charge is 0.358 e. The van der Waals surface area contributed by atoms with E-state index in [1.165, 1.54) is 36.0 Å². The Morgan fingerprint density at radius 2 is 1.83 bits per heavy atom. The van der Waals surface area contributed by atoms with Gasteiger partial charge in [0.1, 0.15) is 4.32 Å². The molecule has 0 aromatic heterocycles. The Kier molecular flexibility index (Phi) is 7.46. The molecule has 0 heterocycles. The lowest BCUT2D eigenvalue weighted by Crippen LogP contribution is -2.31. The van der Waals surface area contributed by atoms with Gasteiger partial charge in [0.15, 0.2) is 0 Å². The normalized spacial score (nSPS) is 12.5. The van der Waals surface area contributed by atoms with E-state index in [0.29, 0.717) is 10.0 Å². The Labute approximate surface area is 146 Å². The molecule has 23 heavy (non-hydrogen) atoms. The van der Waals surface area contributed by atoms with E-state index in [9.17, 15) is 13.2 Å². The second-order valence-electron chi connectivity index (χ2n) is 4.76. The summed E-state index contributed by atoms with van der Waals surface area (Å²) in [4.78, 5) is 14.2. The number of nitrogens with one attached hydrogen (secondary N) is 1. The summed E-state index contributed by atoms with van der Waals surface area (Å²) in [6.07, 6.45) is 0. The standard InChI is InChI=1S/C14H21N3O3S3/c1-4-17(5-2)14(21)22-10(3)13(18)16-11-6-8-12(9-7-11)23(15,19)20/h6-10H,4-5H2,1-3H3,(H,16,18)(H2,15,19,20)/t10-/m0/s1. The molecule has 1 atom stereocenters. The maximum Gasteiger partial charge on any atom is 0.238 e. The molecule has 0 unspecified atom stereocenters. The van der Waals surface area contributed by atoms with E-state index in [1.54, 1.807) is 6.92 Å². The Bertz CT molecular complexity index is 656. The smallest absolute Gasteiger partial charge is 0.238 e. The zero-order chi connectivity index (χ0) is 17.6. The van der Waals surface area contributed by atoms with Crippen LogP contribution in [-0.2, 0) is 14.8 Å². The molecule has 1 amide bonds. The minimum absolute atomic E-state index is 0.000587. The van der Waals surface area contributed by atoms with Gasteiger partial charge in [0.05, 0.1) is 10.1 Å². The van der Waals surface area contributed by atoms with Crippen molar-refractivity contribution < 1.29 is 13.2 Å². The van der Waals surface area contributed by atoms with Crippen LogP contribution in [0, 0.1) is 0 Å². The molecule has 9 heteroatoms. The van der Waals surface area contributed by atoms with E-state index in [4.69, 9.17) is 17.4 Å². The zero-order valence-electron chi connectivity index (χ0n) is 13.3. The Balaban J connectivity index is 2.67. The summed E-state index contributed by atoms with van der Waals surface area (Å²) in [5.41, 5.74) is 0.503. The molecule has 1 rings (SSSR count). The molecule has 0 aliphatic carbocycles.